The Morgan fingerprint density at radius 3 is 2.58 bits per heavy atom. The monoisotopic (exact) mass is 281 g/mol. The maximum atomic E-state index is 11.7. The van der Waals surface area contributed by atoms with E-state index in [4.69, 9.17) is 9.52 Å². The van der Waals surface area contributed by atoms with Crippen molar-refractivity contribution in [2.75, 3.05) is 13.2 Å². The number of carbonyl (C=O) groups excluding carboxylic acids is 1. The van der Waals surface area contributed by atoms with Gasteiger partial charge in [-0.25, -0.2) is 4.79 Å². The SMILES string of the molecule is O=C(COCC(F)(F)F)NCc1ccc(C(=O)O)o1. The van der Waals surface area contributed by atoms with Crippen molar-refractivity contribution in [3.8, 4) is 0 Å². The molecule has 0 saturated carbocycles. The Balaban J connectivity index is 2.28. The van der Waals surface area contributed by atoms with E-state index in [2.05, 4.69) is 10.1 Å². The topological polar surface area (TPSA) is 88.8 Å². The summed E-state index contributed by atoms with van der Waals surface area (Å²) in [4.78, 5) is 21.6. The third-order valence-electron chi connectivity index (χ3n) is 1.83. The van der Waals surface area contributed by atoms with E-state index in [9.17, 15) is 22.8 Å². The Bertz CT molecular complexity index is 454. The number of rotatable bonds is 6. The van der Waals surface area contributed by atoms with Crippen LogP contribution >= 0.6 is 0 Å². The van der Waals surface area contributed by atoms with Gasteiger partial charge in [-0.15, -0.1) is 0 Å². The van der Waals surface area contributed by atoms with Gasteiger partial charge in [-0.05, 0) is 12.1 Å². The van der Waals surface area contributed by atoms with E-state index in [1.54, 1.807) is 0 Å². The molecule has 1 amide bonds. The molecule has 0 aliphatic heterocycles. The zero-order valence-electron chi connectivity index (χ0n) is 9.49. The first-order valence-corrected chi connectivity index (χ1v) is 5.01. The predicted molar refractivity (Wildman–Crippen MR) is 54.4 cm³/mol. The molecule has 0 unspecified atom stereocenters. The van der Waals surface area contributed by atoms with Gasteiger partial charge in [-0.2, -0.15) is 13.2 Å². The van der Waals surface area contributed by atoms with Gasteiger partial charge in [0.1, 0.15) is 19.0 Å². The molecule has 1 heterocycles. The fraction of sp³-hybridized carbons (Fsp3) is 0.400. The molecule has 6 nitrogen and oxygen atoms in total. The van der Waals surface area contributed by atoms with Gasteiger partial charge in [0.05, 0.1) is 6.54 Å². The van der Waals surface area contributed by atoms with Crippen LogP contribution in [0.25, 0.3) is 0 Å². The van der Waals surface area contributed by atoms with Gasteiger partial charge in [-0.1, -0.05) is 0 Å². The lowest BCUT2D eigenvalue weighted by atomic mass is 10.4. The number of carboxylic acid groups (broad SMARTS) is 1. The highest BCUT2D eigenvalue weighted by molar-refractivity contribution is 5.84. The standard InChI is InChI=1S/C10H10F3NO5/c11-10(12,13)5-18-4-8(15)14-3-6-1-2-7(19-6)9(16)17/h1-2H,3-5H2,(H,14,15)(H,16,17). The van der Waals surface area contributed by atoms with Gasteiger partial charge in [0, 0.05) is 0 Å². The second-order valence-electron chi connectivity index (χ2n) is 3.46. The minimum absolute atomic E-state index is 0.137. The molecule has 1 aromatic rings. The molecule has 0 bridgehead atoms. The van der Waals surface area contributed by atoms with Gasteiger partial charge in [0.25, 0.3) is 0 Å². The maximum absolute atomic E-state index is 11.7. The summed E-state index contributed by atoms with van der Waals surface area (Å²) in [6, 6.07) is 2.53. The summed E-state index contributed by atoms with van der Waals surface area (Å²) in [5.74, 6) is -2.15. The van der Waals surface area contributed by atoms with Crippen LogP contribution in [-0.4, -0.2) is 36.4 Å². The van der Waals surface area contributed by atoms with Crippen LogP contribution in [-0.2, 0) is 16.1 Å². The third-order valence-corrected chi connectivity index (χ3v) is 1.83. The molecule has 9 heteroatoms. The van der Waals surface area contributed by atoms with Crippen LogP contribution in [0.2, 0.25) is 0 Å². The van der Waals surface area contributed by atoms with E-state index >= 15 is 0 Å². The van der Waals surface area contributed by atoms with E-state index < -0.39 is 31.3 Å². The molecule has 19 heavy (non-hydrogen) atoms. The summed E-state index contributed by atoms with van der Waals surface area (Å²) >= 11 is 0. The highest BCUT2D eigenvalue weighted by atomic mass is 19.4. The van der Waals surface area contributed by atoms with E-state index in [-0.39, 0.29) is 18.1 Å². The molecule has 0 radical (unpaired) electrons. The molecule has 1 aromatic heterocycles. The van der Waals surface area contributed by atoms with Crippen molar-refractivity contribution in [3.63, 3.8) is 0 Å². The summed E-state index contributed by atoms with van der Waals surface area (Å²) in [7, 11) is 0. The van der Waals surface area contributed by atoms with Crippen molar-refractivity contribution < 1.29 is 37.0 Å². The minimum Gasteiger partial charge on any atom is -0.475 e. The number of nitrogens with one attached hydrogen (secondary N) is 1. The number of ether oxygens (including phenoxy) is 1. The van der Waals surface area contributed by atoms with Gasteiger partial charge < -0.3 is 19.6 Å². The highest BCUT2D eigenvalue weighted by Gasteiger charge is 2.27. The van der Waals surface area contributed by atoms with E-state index in [1.165, 1.54) is 12.1 Å². The smallest absolute Gasteiger partial charge is 0.411 e. The molecule has 1 rings (SSSR count). The number of carbonyl (C=O) groups is 2. The molecular weight excluding hydrogens is 271 g/mol. The lowest BCUT2D eigenvalue weighted by Gasteiger charge is -2.07. The zero-order valence-corrected chi connectivity index (χ0v) is 9.49. The zero-order chi connectivity index (χ0) is 14.5. The molecular formula is C10H10F3NO5. The molecule has 0 fully saturated rings. The largest absolute Gasteiger partial charge is 0.475 e. The Morgan fingerprint density at radius 1 is 1.37 bits per heavy atom. The van der Waals surface area contributed by atoms with E-state index in [1.807, 2.05) is 0 Å². The van der Waals surface area contributed by atoms with Crippen molar-refractivity contribution in [2.45, 2.75) is 12.7 Å². The van der Waals surface area contributed by atoms with Crippen molar-refractivity contribution in [1.82, 2.24) is 5.32 Å². The van der Waals surface area contributed by atoms with Crippen LogP contribution in [0.15, 0.2) is 16.5 Å². The van der Waals surface area contributed by atoms with Crippen LogP contribution in [0.4, 0.5) is 13.2 Å². The second-order valence-corrected chi connectivity index (χ2v) is 3.46. The molecule has 106 valence electrons. The predicted octanol–water partition coefficient (Wildman–Crippen LogP) is 1.17. The van der Waals surface area contributed by atoms with E-state index in [0.29, 0.717) is 0 Å². The Morgan fingerprint density at radius 2 is 2.05 bits per heavy atom. The van der Waals surface area contributed by atoms with Gasteiger partial charge >= 0.3 is 12.1 Å². The molecule has 0 saturated heterocycles. The van der Waals surface area contributed by atoms with Gasteiger partial charge in [0.2, 0.25) is 11.7 Å². The average molecular weight is 281 g/mol. The molecule has 0 aliphatic rings. The summed E-state index contributed by atoms with van der Waals surface area (Å²) in [5, 5.41) is 10.8. The number of carboxylic acids is 1. The Kier molecular flexibility index (Phi) is 4.93. The highest BCUT2D eigenvalue weighted by Crippen LogP contribution is 2.14. The quantitative estimate of drug-likeness (QED) is 0.817. The summed E-state index contributed by atoms with van der Waals surface area (Å²) in [6.07, 6.45) is -4.49. The fourth-order valence-corrected chi connectivity index (χ4v) is 1.08. The number of hydrogen-bond acceptors (Lipinski definition) is 4. The van der Waals surface area contributed by atoms with Crippen LogP contribution < -0.4 is 5.32 Å². The normalized spacial score (nSPS) is 11.3. The molecule has 0 aliphatic carbocycles. The number of halogens is 3. The molecule has 0 spiro atoms. The van der Waals surface area contributed by atoms with Crippen molar-refractivity contribution in [2.24, 2.45) is 0 Å². The number of amides is 1. The minimum atomic E-state index is -4.49. The molecule has 0 atom stereocenters. The van der Waals surface area contributed by atoms with Crippen LogP contribution in [0.5, 0.6) is 0 Å². The average Bonchev–Trinajstić information content (AvgIpc) is 2.73. The number of alkyl halides is 3. The Labute approximate surface area is 105 Å². The number of furan rings is 1. The summed E-state index contributed by atoms with van der Waals surface area (Å²) in [5.41, 5.74) is 0. The second kappa shape index (κ2) is 6.23. The summed E-state index contributed by atoms with van der Waals surface area (Å²) < 4.78 is 44.1. The van der Waals surface area contributed by atoms with Crippen LogP contribution in [0.1, 0.15) is 16.3 Å². The Hall–Kier alpha value is -2.03. The van der Waals surface area contributed by atoms with Crippen molar-refractivity contribution in [3.05, 3.63) is 23.7 Å². The first-order valence-electron chi connectivity index (χ1n) is 5.01. The third kappa shape index (κ3) is 5.91. The van der Waals surface area contributed by atoms with Crippen LogP contribution in [0.3, 0.4) is 0 Å². The lowest BCUT2D eigenvalue weighted by molar-refractivity contribution is -0.175. The van der Waals surface area contributed by atoms with Gasteiger partial charge in [0.15, 0.2) is 0 Å². The van der Waals surface area contributed by atoms with Crippen molar-refractivity contribution in [1.29, 1.82) is 0 Å². The first kappa shape index (κ1) is 15.0. The number of hydrogen-bond donors (Lipinski definition) is 2. The van der Waals surface area contributed by atoms with Gasteiger partial charge in [-0.3, -0.25) is 4.79 Å². The van der Waals surface area contributed by atoms with Crippen LogP contribution in [0, 0.1) is 0 Å². The van der Waals surface area contributed by atoms with E-state index in [0.717, 1.165) is 0 Å². The lowest BCUT2D eigenvalue weighted by Crippen LogP contribution is -2.29. The number of aromatic carboxylic acids is 1. The van der Waals surface area contributed by atoms with Crippen molar-refractivity contribution >= 4 is 11.9 Å². The first-order chi connectivity index (χ1) is 8.78. The molecule has 2 N–H and O–H groups in total. The molecule has 0 aromatic carbocycles. The summed E-state index contributed by atoms with van der Waals surface area (Å²) in [6.45, 7) is -2.39. The maximum Gasteiger partial charge on any atom is 0.411 e. The fourth-order valence-electron chi connectivity index (χ4n) is 1.08.